The first-order valence-electron chi connectivity index (χ1n) is 14.6. The van der Waals surface area contributed by atoms with Crippen molar-refractivity contribution in [1.82, 2.24) is 24.8 Å². The maximum atomic E-state index is 12.7. The molecule has 3 N–H and O–H groups in total. The lowest BCUT2D eigenvalue weighted by Gasteiger charge is -2.39. The zero-order chi connectivity index (χ0) is 28.4. The molecule has 2 aromatic heterocycles. The fourth-order valence-corrected chi connectivity index (χ4v) is 6.01. The van der Waals surface area contributed by atoms with E-state index in [0.29, 0.717) is 36.9 Å². The van der Waals surface area contributed by atoms with Crippen LogP contribution in [0.1, 0.15) is 53.6 Å². The maximum absolute atomic E-state index is 12.7. The number of carbonyl (C=O) groups excluding carboxylic acids is 1. The van der Waals surface area contributed by atoms with Crippen LogP contribution in [-0.2, 0) is 5.60 Å². The first kappa shape index (κ1) is 27.2. The number of benzene rings is 2. The van der Waals surface area contributed by atoms with E-state index in [9.17, 15) is 9.90 Å². The number of likely N-dealkylation sites (tertiary alicyclic amines) is 1. The van der Waals surface area contributed by atoms with Gasteiger partial charge in [-0.05, 0) is 88.2 Å². The summed E-state index contributed by atoms with van der Waals surface area (Å²) < 4.78 is 1.78. The molecule has 6 rings (SSSR count). The van der Waals surface area contributed by atoms with Crippen molar-refractivity contribution in [2.45, 2.75) is 50.7 Å². The summed E-state index contributed by atoms with van der Waals surface area (Å²) >= 11 is 0. The largest absolute Gasteiger partial charge is 0.385 e. The highest BCUT2D eigenvalue weighted by Gasteiger charge is 2.34. The van der Waals surface area contributed by atoms with Crippen LogP contribution in [0.25, 0.3) is 5.65 Å². The van der Waals surface area contributed by atoms with Gasteiger partial charge in [-0.2, -0.15) is 4.98 Å². The van der Waals surface area contributed by atoms with Crippen molar-refractivity contribution in [3.63, 3.8) is 0 Å². The van der Waals surface area contributed by atoms with Gasteiger partial charge in [0.1, 0.15) is 0 Å². The number of anilines is 3. The summed E-state index contributed by atoms with van der Waals surface area (Å²) in [5, 5.41) is 22.3. The molecule has 214 valence electrons. The van der Waals surface area contributed by atoms with Crippen molar-refractivity contribution in [1.29, 1.82) is 0 Å². The molecule has 0 aliphatic carbocycles. The Morgan fingerprint density at radius 2 is 1.78 bits per heavy atom. The normalized spacial score (nSPS) is 19.3. The second-order valence-electron chi connectivity index (χ2n) is 11.5. The van der Waals surface area contributed by atoms with E-state index >= 15 is 0 Å². The highest BCUT2D eigenvalue weighted by Crippen LogP contribution is 2.35. The zero-order valence-corrected chi connectivity index (χ0v) is 23.9. The van der Waals surface area contributed by atoms with E-state index in [1.807, 2.05) is 48.7 Å². The van der Waals surface area contributed by atoms with Crippen molar-refractivity contribution in [2.24, 2.45) is 0 Å². The predicted octanol–water partition coefficient (Wildman–Crippen LogP) is 4.48. The van der Waals surface area contributed by atoms with Crippen LogP contribution < -0.4 is 15.5 Å². The summed E-state index contributed by atoms with van der Waals surface area (Å²) in [6.45, 7) is 5.27. The van der Waals surface area contributed by atoms with Crippen LogP contribution >= 0.6 is 0 Å². The Bertz CT molecular complexity index is 1490. The Hall–Kier alpha value is -3.95. The molecular formula is C32H39N7O2. The van der Waals surface area contributed by atoms with Crippen molar-refractivity contribution in [3.05, 3.63) is 83.6 Å². The number of aryl methyl sites for hydroxylation is 1. The molecule has 9 heteroatoms. The predicted molar refractivity (Wildman–Crippen MR) is 162 cm³/mol. The number of carbonyl (C=O) groups is 1. The van der Waals surface area contributed by atoms with E-state index in [4.69, 9.17) is 4.98 Å². The van der Waals surface area contributed by atoms with Gasteiger partial charge in [0.05, 0.1) is 11.3 Å². The summed E-state index contributed by atoms with van der Waals surface area (Å²) in [6, 6.07) is 20.0. The lowest BCUT2D eigenvalue weighted by molar-refractivity contribution is 0.0118. The fraction of sp³-hybridized carbons (Fsp3) is 0.406. The minimum atomic E-state index is -0.815. The second-order valence-corrected chi connectivity index (χ2v) is 11.5. The van der Waals surface area contributed by atoms with E-state index in [1.165, 1.54) is 18.4 Å². The number of likely N-dealkylation sites (N-methyl/N-ethyl adjacent to an activating group) is 1. The molecule has 0 saturated carbocycles. The number of nitrogens with zero attached hydrogens (tertiary/aromatic N) is 5. The number of aliphatic hydroxyl groups is 1. The zero-order valence-electron chi connectivity index (χ0n) is 23.9. The molecule has 1 amide bonds. The molecule has 2 aliphatic rings. The quantitative estimate of drug-likeness (QED) is 0.310. The number of fused-ring (bicyclic) bond motifs is 1. The van der Waals surface area contributed by atoms with Gasteiger partial charge in [-0.3, -0.25) is 4.79 Å². The Balaban J connectivity index is 1.09. The number of hydrogen-bond acceptors (Lipinski definition) is 7. The van der Waals surface area contributed by atoms with Crippen LogP contribution in [0.2, 0.25) is 0 Å². The molecule has 2 saturated heterocycles. The number of nitrogens with one attached hydrogen (secondary N) is 2. The summed E-state index contributed by atoms with van der Waals surface area (Å²) in [4.78, 5) is 22.1. The highest BCUT2D eigenvalue weighted by molar-refractivity contribution is 5.94. The van der Waals surface area contributed by atoms with E-state index in [0.717, 1.165) is 48.6 Å². The molecule has 2 aromatic carbocycles. The van der Waals surface area contributed by atoms with Gasteiger partial charge in [-0.15, -0.1) is 5.10 Å². The highest BCUT2D eigenvalue weighted by atomic mass is 16.3. The molecule has 2 fully saturated rings. The number of pyridine rings is 1. The van der Waals surface area contributed by atoms with E-state index in [-0.39, 0.29) is 5.91 Å². The topological polar surface area (TPSA) is 98.0 Å². The smallest absolute Gasteiger partial charge is 0.251 e. The lowest BCUT2D eigenvalue weighted by atomic mass is 9.84. The standard InChI is InChI=1S/C32H39N7O2/c1-23-8-12-25(13-9-23)32(41)16-20-38(21-17-32)28-7-5-19-39-29(28)35-31(36-39)34-26-14-10-24(11-15-26)30(40)33-22-27-6-3-4-18-37(27)2/h5,7-15,19,27,41H,3-4,6,16-18,20-22H2,1-2H3,(H,33,40)(H,34,36). The summed E-state index contributed by atoms with van der Waals surface area (Å²) in [5.41, 5.74) is 4.56. The molecule has 4 heterocycles. The van der Waals surface area contributed by atoms with Crippen LogP contribution in [0, 0.1) is 6.92 Å². The number of piperidine rings is 2. The molecule has 4 aromatic rings. The Morgan fingerprint density at radius 1 is 1.02 bits per heavy atom. The first-order valence-corrected chi connectivity index (χ1v) is 14.6. The molecule has 41 heavy (non-hydrogen) atoms. The van der Waals surface area contributed by atoms with Crippen molar-refractivity contribution < 1.29 is 9.90 Å². The first-order chi connectivity index (χ1) is 19.9. The van der Waals surface area contributed by atoms with Gasteiger partial charge in [-0.25, -0.2) is 4.52 Å². The van der Waals surface area contributed by atoms with Gasteiger partial charge in [0.15, 0.2) is 5.65 Å². The third-order valence-electron chi connectivity index (χ3n) is 8.68. The van der Waals surface area contributed by atoms with Gasteiger partial charge >= 0.3 is 0 Å². The van der Waals surface area contributed by atoms with Crippen LogP contribution in [-0.4, -0.2) is 69.8 Å². The molecule has 1 atom stereocenters. The fourth-order valence-electron chi connectivity index (χ4n) is 6.01. The van der Waals surface area contributed by atoms with Crippen molar-refractivity contribution in [2.75, 3.05) is 43.4 Å². The molecule has 2 aliphatic heterocycles. The van der Waals surface area contributed by atoms with Crippen LogP contribution in [0.4, 0.5) is 17.3 Å². The van der Waals surface area contributed by atoms with Gasteiger partial charge < -0.3 is 25.5 Å². The number of amides is 1. The minimum absolute atomic E-state index is 0.0539. The third kappa shape index (κ3) is 5.92. The Morgan fingerprint density at radius 3 is 2.51 bits per heavy atom. The van der Waals surface area contributed by atoms with Crippen molar-refractivity contribution >= 4 is 28.9 Å². The van der Waals surface area contributed by atoms with E-state index in [2.05, 4.69) is 57.7 Å². The molecule has 0 spiro atoms. The summed E-state index contributed by atoms with van der Waals surface area (Å²) in [5.74, 6) is 0.435. The molecule has 9 nitrogen and oxygen atoms in total. The van der Waals surface area contributed by atoms with Crippen LogP contribution in [0.15, 0.2) is 66.9 Å². The van der Waals surface area contributed by atoms with Gasteiger partial charge in [0.2, 0.25) is 5.95 Å². The lowest BCUT2D eigenvalue weighted by Crippen LogP contribution is -2.44. The number of rotatable bonds is 7. The monoisotopic (exact) mass is 553 g/mol. The molecule has 1 unspecified atom stereocenters. The van der Waals surface area contributed by atoms with Crippen LogP contribution in [0.5, 0.6) is 0 Å². The SMILES string of the molecule is Cc1ccc(C2(O)CCN(c3cccn4nc(Nc5ccc(C(=O)NCC6CCCCN6C)cc5)nc34)CC2)cc1. The summed E-state index contributed by atoms with van der Waals surface area (Å²) in [6.07, 6.45) is 6.76. The number of hydrogen-bond donors (Lipinski definition) is 3. The van der Waals surface area contributed by atoms with Gasteiger partial charge in [-0.1, -0.05) is 36.2 Å². The average molecular weight is 554 g/mol. The average Bonchev–Trinajstić information content (AvgIpc) is 3.40. The maximum Gasteiger partial charge on any atom is 0.251 e. The van der Waals surface area contributed by atoms with Crippen molar-refractivity contribution in [3.8, 4) is 0 Å². The van der Waals surface area contributed by atoms with Crippen LogP contribution in [0.3, 0.4) is 0 Å². The molecular weight excluding hydrogens is 514 g/mol. The van der Waals surface area contributed by atoms with Gasteiger partial charge in [0.25, 0.3) is 5.91 Å². The van der Waals surface area contributed by atoms with Gasteiger partial charge in [0, 0.05) is 43.1 Å². The number of aromatic nitrogens is 3. The van der Waals surface area contributed by atoms with E-state index in [1.54, 1.807) is 4.52 Å². The molecule has 0 radical (unpaired) electrons. The molecule has 0 bridgehead atoms. The summed E-state index contributed by atoms with van der Waals surface area (Å²) in [7, 11) is 2.13. The Kier molecular flexibility index (Phi) is 7.64. The Labute approximate surface area is 241 Å². The van der Waals surface area contributed by atoms with E-state index < -0.39 is 5.60 Å². The minimum Gasteiger partial charge on any atom is -0.385 e. The second kappa shape index (κ2) is 11.5. The third-order valence-corrected chi connectivity index (χ3v) is 8.68.